The van der Waals surface area contributed by atoms with Crippen LogP contribution in [0.2, 0.25) is 0 Å². The Morgan fingerprint density at radius 1 is 1.18 bits per heavy atom. The van der Waals surface area contributed by atoms with E-state index < -0.39 is 16.0 Å². The van der Waals surface area contributed by atoms with Crippen molar-refractivity contribution in [2.75, 3.05) is 20.2 Å². The Morgan fingerprint density at radius 3 is 2.32 bits per heavy atom. The van der Waals surface area contributed by atoms with Crippen LogP contribution < -0.4 is 0 Å². The van der Waals surface area contributed by atoms with Crippen LogP contribution in [0.15, 0.2) is 41.6 Å². The van der Waals surface area contributed by atoms with E-state index in [-0.39, 0.29) is 10.9 Å². The molecule has 1 aliphatic rings. The fraction of sp³-hybridized carbons (Fsp3) is 0.308. The number of nitrogens with zero attached hydrogens (tertiary/aromatic N) is 4. The maximum absolute atomic E-state index is 12.4. The first-order valence-electron chi connectivity index (χ1n) is 6.56. The molecule has 1 aliphatic heterocycles. The molecule has 3 rings (SSSR count). The topological polar surface area (TPSA) is 94.4 Å². The van der Waals surface area contributed by atoms with E-state index >= 15 is 0 Å². The molecule has 1 aromatic heterocycles. The number of ether oxygens (including phenoxy) is 1. The van der Waals surface area contributed by atoms with Crippen molar-refractivity contribution in [3.05, 3.63) is 42.2 Å². The molecule has 2 aromatic rings. The van der Waals surface area contributed by atoms with Crippen LogP contribution in [0.1, 0.15) is 16.4 Å². The van der Waals surface area contributed by atoms with Crippen LogP contribution >= 0.6 is 0 Å². The van der Waals surface area contributed by atoms with Crippen molar-refractivity contribution >= 4 is 16.0 Å². The van der Waals surface area contributed by atoms with Gasteiger partial charge in [0.1, 0.15) is 0 Å². The van der Waals surface area contributed by atoms with Gasteiger partial charge in [-0.3, -0.25) is 0 Å². The maximum atomic E-state index is 12.4. The zero-order valence-corrected chi connectivity index (χ0v) is 12.6. The number of aromatic nitrogens is 3. The molecule has 9 heteroatoms. The number of esters is 1. The monoisotopic (exact) mass is 322 g/mol. The quantitative estimate of drug-likeness (QED) is 0.752. The smallest absolute Gasteiger partial charge is 0.337 e. The Hall–Kier alpha value is -2.26. The summed E-state index contributed by atoms with van der Waals surface area (Å²) >= 11 is 0. The van der Waals surface area contributed by atoms with Crippen molar-refractivity contribution in [1.29, 1.82) is 0 Å². The van der Waals surface area contributed by atoms with E-state index in [1.807, 2.05) is 0 Å². The molecule has 0 saturated carbocycles. The second kappa shape index (κ2) is 5.50. The molecule has 0 unspecified atom stereocenters. The SMILES string of the molecule is COC(=O)c1ccc(S(=O)(=O)N2CC(n3nccn3)C2)cc1. The van der Waals surface area contributed by atoms with Gasteiger partial charge in [0, 0.05) is 13.1 Å². The van der Waals surface area contributed by atoms with Gasteiger partial charge in [0.25, 0.3) is 0 Å². The van der Waals surface area contributed by atoms with E-state index in [1.54, 1.807) is 12.4 Å². The van der Waals surface area contributed by atoms with Crippen molar-refractivity contribution in [1.82, 2.24) is 19.3 Å². The fourth-order valence-corrected chi connectivity index (χ4v) is 3.72. The Morgan fingerprint density at radius 2 is 1.77 bits per heavy atom. The minimum absolute atomic E-state index is 0.0425. The van der Waals surface area contributed by atoms with E-state index in [1.165, 1.54) is 40.5 Å². The number of carbonyl (C=O) groups is 1. The van der Waals surface area contributed by atoms with Crippen LogP contribution in [-0.4, -0.2) is 53.9 Å². The summed E-state index contributed by atoms with van der Waals surface area (Å²) in [6.07, 6.45) is 3.12. The molecule has 0 bridgehead atoms. The normalized spacial score (nSPS) is 16.2. The van der Waals surface area contributed by atoms with Gasteiger partial charge in [-0.2, -0.15) is 19.3 Å². The van der Waals surface area contributed by atoms with E-state index in [4.69, 9.17) is 0 Å². The standard InChI is InChI=1S/C13H14N4O4S/c1-21-13(18)10-2-4-12(5-3-10)22(19,20)16-8-11(9-16)17-14-6-7-15-17/h2-7,11H,8-9H2,1H3. The highest BCUT2D eigenvalue weighted by atomic mass is 32.2. The molecule has 2 heterocycles. The summed E-state index contributed by atoms with van der Waals surface area (Å²) in [6.45, 7) is 0.658. The molecular weight excluding hydrogens is 308 g/mol. The predicted molar refractivity (Wildman–Crippen MR) is 75.6 cm³/mol. The summed E-state index contributed by atoms with van der Waals surface area (Å²) in [4.78, 5) is 13.0. The van der Waals surface area contributed by atoms with E-state index in [9.17, 15) is 13.2 Å². The number of sulfonamides is 1. The number of rotatable bonds is 4. The highest BCUT2D eigenvalue weighted by Crippen LogP contribution is 2.27. The zero-order valence-electron chi connectivity index (χ0n) is 11.8. The molecule has 0 N–H and O–H groups in total. The third-order valence-electron chi connectivity index (χ3n) is 3.51. The van der Waals surface area contributed by atoms with Gasteiger partial charge in [0.15, 0.2) is 0 Å². The molecule has 8 nitrogen and oxygen atoms in total. The van der Waals surface area contributed by atoms with Crippen molar-refractivity contribution in [2.24, 2.45) is 0 Å². The minimum Gasteiger partial charge on any atom is -0.465 e. The molecular formula is C13H14N4O4S. The summed E-state index contributed by atoms with van der Waals surface area (Å²) in [5, 5.41) is 8.00. The van der Waals surface area contributed by atoms with Gasteiger partial charge < -0.3 is 4.74 Å². The molecule has 1 fully saturated rings. The molecule has 0 amide bonds. The summed E-state index contributed by atoms with van der Waals surface area (Å²) in [7, 11) is -2.29. The molecule has 1 aromatic carbocycles. The maximum Gasteiger partial charge on any atom is 0.337 e. The van der Waals surface area contributed by atoms with Crippen LogP contribution in [0.5, 0.6) is 0 Å². The zero-order chi connectivity index (χ0) is 15.7. The van der Waals surface area contributed by atoms with Gasteiger partial charge in [0.05, 0.1) is 36.0 Å². The molecule has 1 saturated heterocycles. The Kier molecular flexibility index (Phi) is 3.67. The van der Waals surface area contributed by atoms with Gasteiger partial charge in [-0.15, -0.1) is 0 Å². The highest BCUT2D eigenvalue weighted by Gasteiger charge is 2.38. The van der Waals surface area contributed by atoms with Crippen molar-refractivity contribution in [3.8, 4) is 0 Å². The summed E-state index contributed by atoms with van der Waals surface area (Å²) < 4.78 is 30.8. The van der Waals surface area contributed by atoms with Gasteiger partial charge in [-0.25, -0.2) is 13.2 Å². The number of hydrogen-bond donors (Lipinski definition) is 0. The number of methoxy groups -OCH3 is 1. The van der Waals surface area contributed by atoms with Gasteiger partial charge >= 0.3 is 5.97 Å². The van der Waals surface area contributed by atoms with Crippen molar-refractivity contribution in [3.63, 3.8) is 0 Å². The van der Waals surface area contributed by atoms with Crippen LogP contribution in [-0.2, 0) is 14.8 Å². The van der Waals surface area contributed by atoms with Crippen LogP contribution in [0.3, 0.4) is 0 Å². The van der Waals surface area contributed by atoms with Crippen LogP contribution in [0, 0.1) is 0 Å². The van der Waals surface area contributed by atoms with Gasteiger partial charge in [0.2, 0.25) is 10.0 Å². The van der Waals surface area contributed by atoms with Gasteiger partial charge in [-0.05, 0) is 24.3 Å². The second-order valence-electron chi connectivity index (χ2n) is 4.84. The Bertz CT molecular complexity index is 765. The second-order valence-corrected chi connectivity index (χ2v) is 6.78. The average molecular weight is 322 g/mol. The number of carbonyl (C=O) groups excluding carboxylic acids is 1. The molecule has 0 atom stereocenters. The molecule has 0 radical (unpaired) electrons. The van der Waals surface area contributed by atoms with E-state index in [2.05, 4.69) is 14.9 Å². The van der Waals surface area contributed by atoms with Crippen LogP contribution in [0.4, 0.5) is 0 Å². The number of hydrogen-bond acceptors (Lipinski definition) is 6. The van der Waals surface area contributed by atoms with Crippen molar-refractivity contribution in [2.45, 2.75) is 10.9 Å². The summed E-state index contributed by atoms with van der Waals surface area (Å²) in [5.74, 6) is -0.502. The number of benzene rings is 1. The van der Waals surface area contributed by atoms with E-state index in [0.29, 0.717) is 18.7 Å². The van der Waals surface area contributed by atoms with Crippen LogP contribution in [0.25, 0.3) is 0 Å². The Balaban J connectivity index is 1.73. The lowest BCUT2D eigenvalue weighted by Crippen LogP contribution is -2.51. The third-order valence-corrected chi connectivity index (χ3v) is 5.35. The van der Waals surface area contributed by atoms with Crippen molar-refractivity contribution < 1.29 is 17.9 Å². The fourth-order valence-electron chi connectivity index (χ4n) is 2.20. The highest BCUT2D eigenvalue weighted by molar-refractivity contribution is 7.89. The molecule has 116 valence electrons. The lowest BCUT2D eigenvalue weighted by atomic mass is 10.2. The molecule has 22 heavy (non-hydrogen) atoms. The Labute approximate surface area is 127 Å². The average Bonchev–Trinajstić information content (AvgIpc) is 2.98. The first-order chi connectivity index (χ1) is 10.5. The lowest BCUT2D eigenvalue weighted by Gasteiger charge is -2.37. The summed E-state index contributed by atoms with van der Waals surface area (Å²) in [6, 6.07) is 5.64. The lowest BCUT2D eigenvalue weighted by molar-refractivity contribution is 0.0600. The largest absolute Gasteiger partial charge is 0.465 e. The van der Waals surface area contributed by atoms with Gasteiger partial charge in [-0.1, -0.05) is 0 Å². The molecule has 0 spiro atoms. The minimum atomic E-state index is -3.56. The first kappa shape index (κ1) is 14.7. The third kappa shape index (κ3) is 2.48. The first-order valence-corrected chi connectivity index (χ1v) is 8.00. The molecule has 0 aliphatic carbocycles. The van der Waals surface area contributed by atoms with E-state index in [0.717, 1.165) is 0 Å². The summed E-state index contributed by atoms with van der Waals surface area (Å²) in [5.41, 5.74) is 0.309. The predicted octanol–water partition coefficient (Wildman–Crippen LogP) is 0.310.